The van der Waals surface area contributed by atoms with Gasteiger partial charge in [-0.1, -0.05) is 0 Å². The van der Waals surface area contributed by atoms with Gasteiger partial charge in [-0.05, 0) is 49.9 Å². The predicted octanol–water partition coefficient (Wildman–Crippen LogP) is 0.999. The molecule has 0 unspecified atom stereocenters. The molecule has 134 valence electrons. The quantitative estimate of drug-likeness (QED) is 0.820. The summed E-state index contributed by atoms with van der Waals surface area (Å²) in [5, 5.41) is 2.80. The number of benzene rings is 1. The van der Waals surface area contributed by atoms with Crippen LogP contribution in [0.15, 0.2) is 17.0 Å². The van der Waals surface area contributed by atoms with Crippen molar-refractivity contribution < 1.29 is 17.9 Å². The van der Waals surface area contributed by atoms with E-state index in [0.29, 0.717) is 18.7 Å². The second kappa shape index (κ2) is 7.18. The van der Waals surface area contributed by atoms with Crippen LogP contribution >= 0.6 is 0 Å². The number of carbonyl (C=O) groups is 1. The van der Waals surface area contributed by atoms with Crippen LogP contribution in [-0.4, -0.2) is 51.5 Å². The first-order valence-electron chi connectivity index (χ1n) is 7.87. The molecule has 0 radical (unpaired) electrons. The summed E-state index contributed by atoms with van der Waals surface area (Å²) in [4.78, 5) is 12.5. The molecule has 1 saturated heterocycles. The first-order valence-corrected chi connectivity index (χ1v) is 9.31. The smallest absolute Gasteiger partial charge is 0.253 e. The fraction of sp³-hybridized carbons (Fsp3) is 0.562. The molecular weight excluding hydrogens is 330 g/mol. The number of aryl methyl sites for hydroxylation is 1. The number of ether oxygens (including phenoxy) is 1. The van der Waals surface area contributed by atoms with E-state index in [-0.39, 0.29) is 16.9 Å². The number of sulfonamides is 1. The van der Waals surface area contributed by atoms with E-state index < -0.39 is 16.1 Å². The van der Waals surface area contributed by atoms with E-state index in [2.05, 4.69) is 5.32 Å². The van der Waals surface area contributed by atoms with Gasteiger partial charge in [-0.3, -0.25) is 4.79 Å². The van der Waals surface area contributed by atoms with E-state index in [4.69, 9.17) is 10.5 Å². The Morgan fingerprint density at radius 3 is 2.54 bits per heavy atom. The van der Waals surface area contributed by atoms with Gasteiger partial charge < -0.3 is 15.8 Å². The fourth-order valence-electron chi connectivity index (χ4n) is 2.60. The molecule has 1 aliphatic heterocycles. The highest BCUT2D eigenvalue weighted by Gasteiger charge is 2.30. The van der Waals surface area contributed by atoms with Crippen molar-refractivity contribution in [2.45, 2.75) is 43.8 Å². The largest absolute Gasteiger partial charge is 0.364 e. The Kier molecular flexibility index (Phi) is 5.64. The van der Waals surface area contributed by atoms with Gasteiger partial charge in [0.05, 0.1) is 11.0 Å². The first-order chi connectivity index (χ1) is 11.2. The monoisotopic (exact) mass is 355 g/mol. The van der Waals surface area contributed by atoms with Gasteiger partial charge in [0.1, 0.15) is 6.10 Å². The van der Waals surface area contributed by atoms with Crippen molar-refractivity contribution >= 4 is 21.6 Å². The Morgan fingerprint density at radius 1 is 1.33 bits per heavy atom. The minimum atomic E-state index is -3.57. The Morgan fingerprint density at radius 2 is 2.00 bits per heavy atom. The molecule has 1 amide bonds. The lowest BCUT2D eigenvalue weighted by molar-refractivity contribution is -0.126. The Balaban J connectivity index is 2.27. The lowest BCUT2D eigenvalue weighted by Gasteiger charge is -2.18. The summed E-state index contributed by atoms with van der Waals surface area (Å²) in [6.07, 6.45) is 0.722. The second-order valence-electron chi connectivity index (χ2n) is 6.25. The summed E-state index contributed by atoms with van der Waals surface area (Å²) in [6, 6.07) is 3.10. The Hall–Kier alpha value is -1.48. The van der Waals surface area contributed by atoms with Gasteiger partial charge in [0.15, 0.2) is 0 Å². The molecule has 1 heterocycles. The van der Waals surface area contributed by atoms with E-state index in [1.54, 1.807) is 6.07 Å². The number of hydrogen-bond acceptors (Lipinski definition) is 5. The summed E-state index contributed by atoms with van der Waals surface area (Å²) in [7, 11) is -0.623. The Labute approximate surface area is 143 Å². The van der Waals surface area contributed by atoms with Crippen LogP contribution in [0.2, 0.25) is 0 Å². The number of nitrogens with one attached hydrogen (secondary N) is 1. The molecular formula is C16H25N3O4S. The van der Waals surface area contributed by atoms with E-state index in [1.807, 2.05) is 13.8 Å². The summed E-state index contributed by atoms with van der Waals surface area (Å²) < 4.78 is 31.4. The molecule has 1 fully saturated rings. The normalized spacial score (nSPS) is 21.2. The second-order valence-corrected chi connectivity index (χ2v) is 8.40. The molecule has 1 aromatic carbocycles. The summed E-state index contributed by atoms with van der Waals surface area (Å²) in [5.74, 6) is -0.271. The van der Waals surface area contributed by atoms with E-state index in [1.165, 1.54) is 20.2 Å². The molecule has 24 heavy (non-hydrogen) atoms. The minimum absolute atomic E-state index is 0.0935. The third-order valence-electron chi connectivity index (χ3n) is 4.34. The van der Waals surface area contributed by atoms with E-state index in [9.17, 15) is 13.2 Å². The number of hydrogen-bond donors (Lipinski definition) is 2. The van der Waals surface area contributed by atoms with Crippen molar-refractivity contribution in [3.05, 3.63) is 23.3 Å². The highest BCUT2D eigenvalue weighted by atomic mass is 32.2. The number of nitrogens with two attached hydrogens (primary N) is 1. The van der Waals surface area contributed by atoms with Gasteiger partial charge in [0, 0.05) is 26.3 Å². The van der Waals surface area contributed by atoms with Crippen molar-refractivity contribution in [2.75, 3.05) is 26.0 Å². The third-order valence-corrected chi connectivity index (χ3v) is 6.13. The third kappa shape index (κ3) is 3.77. The summed E-state index contributed by atoms with van der Waals surface area (Å²) in [6.45, 7) is 4.05. The van der Waals surface area contributed by atoms with E-state index >= 15 is 0 Å². The standard InChI is InChI=1S/C16H25N3O4S/c1-10-7-13(24(21,22)19(3)4)8-14(11(10)2)18-16(20)15-6-5-12(9-17)23-15/h7-8,12,15H,5-6,9,17H2,1-4H3,(H,18,20)/t12-,15+/m1/s1. The van der Waals surface area contributed by atoms with Gasteiger partial charge in [-0.2, -0.15) is 0 Å². The van der Waals surface area contributed by atoms with E-state index in [0.717, 1.165) is 21.9 Å². The number of carbonyl (C=O) groups excluding carboxylic acids is 1. The zero-order valence-corrected chi connectivity index (χ0v) is 15.3. The number of nitrogens with zero attached hydrogens (tertiary/aromatic N) is 1. The van der Waals surface area contributed by atoms with Gasteiger partial charge in [0.25, 0.3) is 5.91 Å². The van der Waals surface area contributed by atoms with Crippen molar-refractivity contribution in [3.8, 4) is 0 Å². The Bertz CT molecular complexity index is 731. The number of rotatable bonds is 5. The van der Waals surface area contributed by atoms with Crippen molar-refractivity contribution in [1.29, 1.82) is 0 Å². The van der Waals surface area contributed by atoms with Crippen molar-refractivity contribution in [1.82, 2.24) is 4.31 Å². The van der Waals surface area contributed by atoms with Crippen LogP contribution in [0.4, 0.5) is 5.69 Å². The van der Waals surface area contributed by atoms with Crippen LogP contribution in [0.5, 0.6) is 0 Å². The maximum absolute atomic E-state index is 12.4. The molecule has 1 aliphatic rings. The first kappa shape index (κ1) is 18.9. The fourth-order valence-corrected chi connectivity index (χ4v) is 3.62. The average molecular weight is 355 g/mol. The molecule has 0 saturated carbocycles. The highest BCUT2D eigenvalue weighted by Crippen LogP contribution is 2.27. The lowest BCUT2D eigenvalue weighted by Crippen LogP contribution is -2.30. The lowest BCUT2D eigenvalue weighted by atomic mass is 10.1. The molecule has 0 aliphatic carbocycles. The molecule has 0 aromatic heterocycles. The topological polar surface area (TPSA) is 102 Å². The zero-order chi connectivity index (χ0) is 18.1. The molecule has 2 atom stereocenters. The predicted molar refractivity (Wildman–Crippen MR) is 92.4 cm³/mol. The molecule has 0 spiro atoms. The summed E-state index contributed by atoms with van der Waals surface area (Å²) in [5.41, 5.74) is 7.67. The van der Waals surface area contributed by atoms with Gasteiger partial charge in [-0.15, -0.1) is 0 Å². The minimum Gasteiger partial charge on any atom is -0.364 e. The van der Waals surface area contributed by atoms with Crippen LogP contribution in [0.25, 0.3) is 0 Å². The molecule has 2 rings (SSSR count). The molecule has 3 N–H and O–H groups in total. The summed E-state index contributed by atoms with van der Waals surface area (Å²) >= 11 is 0. The molecule has 8 heteroatoms. The van der Waals surface area contributed by atoms with Crippen LogP contribution in [0.1, 0.15) is 24.0 Å². The van der Waals surface area contributed by atoms with Crippen molar-refractivity contribution in [2.24, 2.45) is 5.73 Å². The van der Waals surface area contributed by atoms with Gasteiger partial charge in [-0.25, -0.2) is 12.7 Å². The van der Waals surface area contributed by atoms with Crippen LogP contribution in [-0.2, 0) is 19.6 Å². The van der Waals surface area contributed by atoms with Crippen LogP contribution in [0.3, 0.4) is 0 Å². The number of anilines is 1. The zero-order valence-electron chi connectivity index (χ0n) is 14.5. The van der Waals surface area contributed by atoms with Gasteiger partial charge in [0.2, 0.25) is 10.0 Å². The molecule has 0 bridgehead atoms. The van der Waals surface area contributed by atoms with Crippen molar-refractivity contribution in [3.63, 3.8) is 0 Å². The highest BCUT2D eigenvalue weighted by molar-refractivity contribution is 7.89. The average Bonchev–Trinajstić information content (AvgIpc) is 3.00. The van der Waals surface area contributed by atoms with Gasteiger partial charge >= 0.3 is 0 Å². The maximum Gasteiger partial charge on any atom is 0.253 e. The number of amides is 1. The molecule has 7 nitrogen and oxygen atoms in total. The molecule has 1 aromatic rings. The van der Waals surface area contributed by atoms with Crippen LogP contribution < -0.4 is 11.1 Å². The maximum atomic E-state index is 12.4. The SMILES string of the molecule is Cc1cc(S(=O)(=O)N(C)C)cc(NC(=O)[C@@H]2CC[C@H](CN)O2)c1C. The van der Waals surface area contributed by atoms with Crippen LogP contribution in [0, 0.1) is 13.8 Å².